The van der Waals surface area contributed by atoms with Gasteiger partial charge < -0.3 is 14.9 Å². The molecule has 1 rings (SSSR count). The number of carbonyl (C=O) groups is 2. The van der Waals surface area contributed by atoms with Gasteiger partial charge in [-0.25, -0.2) is 9.59 Å². The highest BCUT2D eigenvalue weighted by Crippen LogP contribution is 2.23. The SMILES string of the molecule is CCc1cc(OC(=O)/C=C/C(=O)O)ccc1O. The van der Waals surface area contributed by atoms with Crippen molar-refractivity contribution in [3.8, 4) is 11.5 Å². The van der Waals surface area contributed by atoms with Crippen LogP contribution in [0.3, 0.4) is 0 Å². The largest absolute Gasteiger partial charge is 0.508 e. The molecular weight excluding hydrogens is 224 g/mol. The minimum Gasteiger partial charge on any atom is -0.508 e. The van der Waals surface area contributed by atoms with Crippen LogP contribution in [-0.2, 0) is 16.0 Å². The van der Waals surface area contributed by atoms with Crippen LogP contribution in [0.25, 0.3) is 0 Å². The number of carboxylic acid groups (broad SMARTS) is 1. The smallest absolute Gasteiger partial charge is 0.336 e. The van der Waals surface area contributed by atoms with E-state index in [-0.39, 0.29) is 11.5 Å². The van der Waals surface area contributed by atoms with Crippen molar-refractivity contribution < 1.29 is 24.5 Å². The molecule has 0 saturated heterocycles. The summed E-state index contributed by atoms with van der Waals surface area (Å²) >= 11 is 0. The number of phenolic OH excluding ortho intramolecular Hbond substituents is 1. The Morgan fingerprint density at radius 2 is 2.06 bits per heavy atom. The maximum absolute atomic E-state index is 11.2. The summed E-state index contributed by atoms with van der Waals surface area (Å²) in [4.78, 5) is 21.3. The van der Waals surface area contributed by atoms with Gasteiger partial charge in [-0.3, -0.25) is 0 Å². The van der Waals surface area contributed by atoms with Crippen LogP contribution in [0.15, 0.2) is 30.4 Å². The molecule has 0 saturated carbocycles. The molecule has 5 heteroatoms. The van der Waals surface area contributed by atoms with Gasteiger partial charge in [-0.15, -0.1) is 0 Å². The van der Waals surface area contributed by atoms with E-state index < -0.39 is 11.9 Å². The Bertz CT molecular complexity index is 462. The van der Waals surface area contributed by atoms with Crippen molar-refractivity contribution in [3.63, 3.8) is 0 Å². The molecule has 0 aliphatic heterocycles. The summed E-state index contributed by atoms with van der Waals surface area (Å²) in [6.07, 6.45) is 2.12. The molecule has 0 unspecified atom stereocenters. The Balaban J connectivity index is 2.75. The van der Waals surface area contributed by atoms with Gasteiger partial charge in [-0.1, -0.05) is 6.92 Å². The van der Waals surface area contributed by atoms with E-state index in [1.165, 1.54) is 18.2 Å². The molecule has 0 spiro atoms. The minimum absolute atomic E-state index is 0.133. The molecule has 0 aromatic heterocycles. The Hall–Kier alpha value is -2.30. The van der Waals surface area contributed by atoms with Crippen molar-refractivity contribution in [2.45, 2.75) is 13.3 Å². The molecule has 2 N–H and O–H groups in total. The first-order valence-corrected chi connectivity index (χ1v) is 4.97. The summed E-state index contributed by atoms with van der Waals surface area (Å²) in [5.41, 5.74) is 0.650. The third-order valence-corrected chi connectivity index (χ3v) is 2.01. The molecule has 0 atom stereocenters. The Labute approximate surface area is 98.0 Å². The summed E-state index contributed by atoms with van der Waals surface area (Å²) in [6, 6.07) is 4.38. The summed E-state index contributed by atoms with van der Waals surface area (Å²) in [5, 5.41) is 17.7. The molecule has 0 amide bonds. The summed E-state index contributed by atoms with van der Waals surface area (Å²) in [5.74, 6) is -1.60. The third kappa shape index (κ3) is 3.98. The zero-order valence-electron chi connectivity index (χ0n) is 9.21. The van der Waals surface area contributed by atoms with E-state index >= 15 is 0 Å². The lowest BCUT2D eigenvalue weighted by Gasteiger charge is -2.05. The predicted molar refractivity (Wildman–Crippen MR) is 59.9 cm³/mol. The summed E-state index contributed by atoms with van der Waals surface area (Å²) in [7, 11) is 0. The maximum atomic E-state index is 11.2. The van der Waals surface area contributed by atoms with Crippen LogP contribution in [0.1, 0.15) is 12.5 Å². The second-order valence-electron chi connectivity index (χ2n) is 3.24. The molecular formula is C12H12O5. The molecule has 5 nitrogen and oxygen atoms in total. The van der Waals surface area contributed by atoms with Gasteiger partial charge in [0.1, 0.15) is 11.5 Å². The standard InChI is InChI=1S/C12H12O5/c1-2-8-7-9(3-4-10(8)13)17-12(16)6-5-11(14)15/h3-7,13H,2H2,1H3,(H,14,15)/b6-5+. The van der Waals surface area contributed by atoms with Crippen molar-refractivity contribution >= 4 is 11.9 Å². The van der Waals surface area contributed by atoms with Crippen LogP contribution < -0.4 is 4.74 Å². The van der Waals surface area contributed by atoms with E-state index in [1.54, 1.807) is 0 Å². The molecule has 1 aromatic rings. The van der Waals surface area contributed by atoms with Gasteiger partial charge in [-0.05, 0) is 30.2 Å². The zero-order valence-corrected chi connectivity index (χ0v) is 9.21. The summed E-state index contributed by atoms with van der Waals surface area (Å²) < 4.78 is 4.86. The first-order valence-electron chi connectivity index (χ1n) is 4.97. The van der Waals surface area contributed by atoms with Crippen molar-refractivity contribution in [3.05, 3.63) is 35.9 Å². The van der Waals surface area contributed by atoms with E-state index in [4.69, 9.17) is 9.84 Å². The number of carbonyl (C=O) groups excluding carboxylic acids is 1. The van der Waals surface area contributed by atoms with Crippen LogP contribution in [0, 0.1) is 0 Å². The quantitative estimate of drug-likeness (QED) is 0.470. The lowest BCUT2D eigenvalue weighted by atomic mass is 10.1. The second-order valence-corrected chi connectivity index (χ2v) is 3.24. The maximum Gasteiger partial charge on any atom is 0.336 e. The zero-order chi connectivity index (χ0) is 12.8. The van der Waals surface area contributed by atoms with E-state index in [0.29, 0.717) is 18.1 Å². The van der Waals surface area contributed by atoms with Crippen molar-refractivity contribution in [2.24, 2.45) is 0 Å². The van der Waals surface area contributed by atoms with Crippen molar-refractivity contribution in [2.75, 3.05) is 0 Å². The molecule has 90 valence electrons. The lowest BCUT2D eigenvalue weighted by molar-refractivity contribution is -0.133. The number of aromatic hydroxyl groups is 1. The fourth-order valence-corrected chi connectivity index (χ4v) is 1.20. The van der Waals surface area contributed by atoms with Gasteiger partial charge >= 0.3 is 11.9 Å². The van der Waals surface area contributed by atoms with Crippen LogP contribution in [-0.4, -0.2) is 22.2 Å². The highest BCUT2D eigenvalue weighted by molar-refractivity contribution is 5.91. The lowest BCUT2D eigenvalue weighted by Crippen LogP contribution is -2.05. The fourth-order valence-electron chi connectivity index (χ4n) is 1.20. The van der Waals surface area contributed by atoms with Gasteiger partial charge in [0.2, 0.25) is 0 Å². The number of hydrogen-bond donors (Lipinski definition) is 2. The molecule has 1 aromatic carbocycles. The Morgan fingerprint density at radius 1 is 1.35 bits per heavy atom. The molecule has 0 bridgehead atoms. The van der Waals surface area contributed by atoms with Gasteiger partial charge in [-0.2, -0.15) is 0 Å². The molecule has 17 heavy (non-hydrogen) atoms. The van der Waals surface area contributed by atoms with Gasteiger partial charge in [0, 0.05) is 12.2 Å². The minimum atomic E-state index is -1.22. The molecule has 0 radical (unpaired) electrons. The normalized spacial score (nSPS) is 10.4. The topological polar surface area (TPSA) is 83.8 Å². The van der Waals surface area contributed by atoms with Crippen LogP contribution in [0.4, 0.5) is 0 Å². The number of hydrogen-bond acceptors (Lipinski definition) is 4. The first kappa shape index (κ1) is 12.8. The van der Waals surface area contributed by atoms with Gasteiger partial charge in [0.05, 0.1) is 0 Å². The third-order valence-electron chi connectivity index (χ3n) is 2.01. The van der Waals surface area contributed by atoms with Gasteiger partial charge in [0.15, 0.2) is 0 Å². The molecule has 0 heterocycles. The highest BCUT2D eigenvalue weighted by atomic mass is 16.5. The van der Waals surface area contributed by atoms with Crippen LogP contribution >= 0.6 is 0 Å². The van der Waals surface area contributed by atoms with Crippen LogP contribution in [0.2, 0.25) is 0 Å². The second kappa shape index (κ2) is 5.69. The number of ether oxygens (including phenoxy) is 1. The molecule has 0 fully saturated rings. The number of phenols is 1. The fraction of sp³-hybridized carbons (Fsp3) is 0.167. The number of esters is 1. The number of aliphatic carboxylic acids is 1. The van der Waals surface area contributed by atoms with Crippen LogP contribution in [0.5, 0.6) is 11.5 Å². The average molecular weight is 236 g/mol. The molecule has 0 aliphatic carbocycles. The summed E-state index contributed by atoms with van der Waals surface area (Å²) in [6.45, 7) is 1.85. The number of aryl methyl sites for hydroxylation is 1. The monoisotopic (exact) mass is 236 g/mol. The number of benzene rings is 1. The van der Waals surface area contributed by atoms with E-state index in [0.717, 1.165) is 6.08 Å². The van der Waals surface area contributed by atoms with E-state index in [9.17, 15) is 14.7 Å². The Morgan fingerprint density at radius 3 is 2.65 bits per heavy atom. The van der Waals surface area contributed by atoms with Crippen molar-refractivity contribution in [1.29, 1.82) is 0 Å². The first-order chi connectivity index (χ1) is 8.02. The average Bonchev–Trinajstić information content (AvgIpc) is 2.29. The van der Waals surface area contributed by atoms with Crippen molar-refractivity contribution in [1.82, 2.24) is 0 Å². The molecule has 0 aliphatic rings. The predicted octanol–water partition coefficient (Wildman–Crippen LogP) is 1.50. The number of carboxylic acids is 1. The number of rotatable bonds is 4. The van der Waals surface area contributed by atoms with E-state index in [2.05, 4.69) is 0 Å². The van der Waals surface area contributed by atoms with E-state index in [1.807, 2.05) is 6.92 Å². The highest BCUT2D eigenvalue weighted by Gasteiger charge is 2.05. The Kier molecular flexibility index (Phi) is 4.28. The van der Waals surface area contributed by atoms with Gasteiger partial charge in [0.25, 0.3) is 0 Å².